The summed E-state index contributed by atoms with van der Waals surface area (Å²) >= 11 is 6.05. The largest absolute Gasteiger partial charge is 0.433 e. The minimum absolute atomic E-state index is 0.00188. The molecule has 10 nitrogen and oxygen atoms in total. The maximum absolute atomic E-state index is 13.6. The van der Waals surface area contributed by atoms with Crippen molar-refractivity contribution < 1.29 is 28.7 Å². The number of benzene rings is 1. The number of ether oxygens (including phenoxy) is 2. The van der Waals surface area contributed by atoms with Crippen molar-refractivity contribution in [2.24, 2.45) is 5.41 Å². The second kappa shape index (κ2) is 10.8. The fraction of sp³-hybridized carbons (Fsp3) is 0.583. The molecular weight excluding hydrogens is 476 g/mol. The monoisotopic (exact) mass is 508 g/mol. The van der Waals surface area contributed by atoms with Gasteiger partial charge < -0.3 is 30.7 Å². The van der Waals surface area contributed by atoms with E-state index < -0.39 is 41.7 Å². The van der Waals surface area contributed by atoms with Gasteiger partial charge in [0.25, 0.3) is 5.91 Å². The van der Waals surface area contributed by atoms with Crippen LogP contribution in [-0.4, -0.2) is 66.2 Å². The standard InChI is InChI=1S/C24H33ClN4O6/c1-5-34-23-16(12-18(30)35-23)27-21(32)17-7-6-10-29(17)22(33)19(24(2,3)4)28-20(31)13-8-9-15(26)14(25)11-13/h8-9,11,16-17,19,23H,5-7,10,12,26H2,1-4H3,(H,27,32)(H,28,31)/t16-,17+,19-,23-/m1/s1. The van der Waals surface area contributed by atoms with Gasteiger partial charge in [0, 0.05) is 18.7 Å². The molecule has 3 amide bonds. The fourth-order valence-electron chi connectivity index (χ4n) is 4.25. The first kappa shape index (κ1) is 26.7. The van der Waals surface area contributed by atoms with Gasteiger partial charge in [0.05, 0.1) is 17.1 Å². The molecule has 2 saturated heterocycles. The van der Waals surface area contributed by atoms with Crippen LogP contribution in [0.3, 0.4) is 0 Å². The molecular formula is C24H33ClN4O6. The highest BCUT2D eigenvalue weighted by Crippen LogP contribution is 2.27. The van der Waals surface area contributed by atoms with E-state index in [-0.39, 0.29) is 28.8 Å². The summed E-state index contributed by atoms with van der Waals surface area (Å²) in [5.74, 6) is -1.66. The number of halogens is 1. The van der Waals surface area contributed by atoms with Crippen molar-refractivity contribution >= 4 is 41.0 Å². The Hall–Kier alpha value is -2.85. The van der Waals surface area contributed by atoms with Gasteiger partial charge in [0.15, 0.2) is 0 Å². The maximum atomic E-state index is 13.6. The lowest BCUT2D eigenvalue weighted by atomic mass is 9.85. The van der Waals surface area contributed by atoms with Crippen molar-refractivity contribution in [2.45, 2.75) is 71.4 Å². The lowest BCUT2D eigenvalue weighted by Gasteiger charge is -2.35. The van der Waals surface area contributed by atoms with Gasteiger partial charge in [-0.15, -0.1) is 0 Å². The van der Waals surface area contributed by atoms with E-state index >= 15 is 0 Å². The number of hydrogen-bond donors (Lipinski definition) is 3. The number of rotatable bonds is 7. The third-order valence-electron chi connectivity index (χ3n) is 6.11. The van der Waals surface area contributed by atoms with Crippen molar-refractivity contribution in [3.8, 4) is 0 Å². The summed E-state index contributed by atoms with van der Waals surface area (Å²) < 4.78 is 10.5. The molecule has 0 bridgehead atoms. The normalized spacial score (nSPS) is 23.1. The van der Waals surface area contributed by atoms with Crippen LogP contribution in [0.2, 0.25) is 5.02 Å². The topological polar surface area (TPSA) is 140 Å². The van der Waals surface area contributed by atoms with E-state index in [9.17, 15) is 19.2 Å². The van der Waals surface area contributed by atoms with Gasteiger partial charge in [-0.2, -0.15) is 0 Å². The number of anilines is 1. The van der Waals surface area contributed by atoms with Crippen LogP contribution in [0.25, 0.3) is 0 Å². The minimum Gasteiger partial charge on any atom is -0.433 e. The molecule has 2 heterocycles. The van der Waals surface area contributed by atoms with Crippen LogP contribution in [0.15, 0.2) is 18.2 Å². The maximum Gasteiger partial charge on any atom is 0.310 e. The van der Waals surface area contributed by atoms with Crippen LogP contribution in [0, 0.1) is 5.41 Å². The average Bonchev–Trinajstić information content (AvgIpc) is 3.39. The van der Waals surface area contributed by atoms with E-state index in [1.54, 1.807) is 6.92 Å². The molecule has 2 aliphatic heterocycles. The zero-order chi connectivity index (χ0) is 25.9. The second-order valence-electron chi connectivity index (χ2n) is 9.83. The Morgan fingerprint density at radius 3 is 2.66 bits per heavy atom. The van der Waals surface area contributed by atoms with E-state index in [1.807, 2.05) is 20.8 Å². The van der Waals surface area contributed by atoms with E-state index in [0.717, 1.165) is 0 Å². The number of amides is 3. The SMILES string of the molecule is CCO[C@@H]1OC(=O)C[C@H]1NC(=O)[C@@H]1CCCN1C(=O)[C@@H](NC(=O)c1ccc(N)c(Cl)c1)C(C)(C)C. The molecule has 35 heavy (non-hydrogen) atoms. The van der Waals surface area contributed by atoms with E-state index in [0.29, 0.717) is 31.7 Å². The van der Waals surface area contributed by atoms with E-state index in [1.165, 1.54) is 23.1 Å². The Bertz CT molecular complexity index is 995. The number of carbonyl (C=O) groups excluding carboxylic acids is 4. The first-order chi connectivity index (χ1) is 16.4. The van der Waals surface area contributed by atoms with Gasteiger partial charge >= 0.3 is 5.97 Å². The van der Waals surface area contributed by atoms with E-state index in [2.05, 4.69) is 10.6 Å². The molecule has 4 N–H and O–H groups in total. The molecule has 1 aromatic rings. The fourth-order valence-corrected chi connectivity index (χ4v) is 4.43. The summed E-state index contributed by atoms with van der Waals surface area (Å²) in [6.07, 6.45) is 0.255. The predicted molar refractivity (Wildman–Crippen MR) is 129 cm³/mol. The average molecular weight is 509 g/mol. The molecule has 192 valence electrons. The number of carbonyl (C=O) groups is 4. The summed E-state index contributed by atoms with van der Waals surface area (Å²) in [5.41, 5.74) is 5.71. The van der Waals surface area contributed by atoms with Gasteiger partial charge in [-0.05, 0) is 43.4 Å². The number of likely N-dealkylation sites (tertiary alicyclic amines) is 1. The molecule has 2 aliphatic rings. The van der Waals surface area contributed by atoms with Crippen LogP contribution in [0.5, 0.6) is 0 Å². The molecule has 0 aromatic heterocycles. The molecule has 0 aliphatic carbocycles. The highest BCUT2D eigenvalue weighted by Gasteiger charge is 2.44. The number of nitrogens with two attached hydrogens (primary N) is 1. The van der Waals surface area contributed by atoms with Crippen molar-refractivity contribution in [1.29, 1.82) is 0 Å². The highest BCUT2D eigenvalue weighted by molar-refractivity contribution is 6.33. The molecule has 0 radical (unpaired) electrons. The van der Waals surface area contributed by atoms with Crippen molar-refractivity contribution in [3.63, 3.8) is 0 Å². The molecule has 0 spiro atoms. The summed E-state index contributed by atoms with van der Waals surface area (Å²) in [4.78, 5) is 52.9. The Kier molecular flexibility index (Phi) is 8.27. The Morgan fingerprint density at radius 2 is 2.03 bits per heavy atom. The van der Waals surface area contributed by atoms with Gasteiger partial charge in [0.1, 0.15) is 18.1 Å². The second-order valence-corrected chi connectivity index (χ2v) is 10.2. The number of cyclic esters (lactones) is 1. The first-order valence-electron chi connectivity index (χ1n) is 11.7. The van der Waals surface area contributed by atoms with Gasteiger partial charge in [-0.25, -0.2) is 0 Å². The van der Waals surface area contributed by atoms with Crippen molar-refractivity contribution in [1.82, 2.24) is 15.5 Å². The van der Waals surface area contributed by atoms with Gasteiger partial charge in [0.2, 0.25) is 18.1 Å². The first-order valence-corrected chi connectivity index (χ1v) is 12.1. The van der Waals surface area contributed by atoms with Gasteiger partial charge in [-0.3, -0.25) is 19.2 Å². The van der Waals surface area contributed by atoms with Crippen LogP contribution < -0.4 is 16.4 Å². The summed E-state index contributed by atoms with van der Waals surface area (Å²) in [6.45, 7) is 7.98. The summed E-state index contributed by atoms with van der Waals surface area (Å²) in [6, 6.07) is 2.26. The predicted octanol–water partition coefficient (Wildman–Crippen LogP) is 1.85. The lowest BCUT2D eigenvalue weighted by Crippen LogP contribution is -2.58. The molecule has 4 atom stereocenters. The third-order valence-corrected chi connectivity index (χ3v) is 6.44. The molecule has 11 heteroatoms. The molecule has 0 unspecified atom stereocenters. The number of nitrogens with one attached hydrogen (secondary N) is 2. The highest BCUT2D eigenvalue weighted by atomic mass is 35.5. The zero-order valence-corrected chi connectivity index (χ0v) is 21.2. The van der Waals surface area contributed by atoms with E-state index in [4.69, 9.17) is 26.8 Å². The molecule has 3 rings (SSSR count). The van der Waals surface area contributed by atoms with Crippen LogP contribution in [0.1, 0.15) is 57.3 Å². The molecule has 0 saturated carbocycles. The van der Waals surface area contributed by atoms with Crippen LogP contribution in [0.4, 0.5) is 5.69 Å². The number of esters is 1. The quantitative estimate of drug-likeness (QED) is 0.377. The number of nitrogen functional groups attached to an aromatic ring is 1. The minimum atomic E-state index is -0.896. The third kappa shape index (κ3) is 6.24. The van der Waals surface area contributed by atoms with Crippen LogP contribution in [-0.2, 0) is 23.9 Å². The number of hydrogen-bond acceptors (Lipinski definition) is 7. The lowest BCUT2D eigenvalue weighted by molar-refractivity contribution is -0.164. The summed E-state index contributed by atoms with van der Waals surface area (Å²) in [5, 5.41) is 5.86. The Morgan fingerprint density at radius 1 is 1.31 bits per heavy atom. The Balaban J connectivity index is 1.74. The van der Waals surface area contributed by atoms with Crippen LogP contribution >= 0.6 is 11.6 Å². The van der Waals surface area contributed by atoms with Crippen molar-refractivity contribution in [3.05, 3.63) is 28.8 Å². The zero-order valence-electron chi connectivity index (χ0n) is 20.4. The Labute approximate surface area is 209 Å². The smallest absolute Gasteiger partial charge is 0.310 e. The summed E-state index contributed by atoms with van der Waals surface area (Å²) in [7, 11) is 0. The van der Waals surface area contributed by atoms with Crippen molar-refractivity contribution in [2.75, 3.05) is 18.9 Å². The molecule has 2 fully saturated rings. The number of nitrogens with zero attached hydrogens (tertiary/aromatic N) is 1. The van der Waals surface area contributed by atoms with Gasteiger partial charge in [-0.1, -0.05) is 32.4 Å². The molecule has 1 aromatic carbocycles.